The van der Waals surface area contributed by atoms with Gasteiger partial charge in [-0.3, -0.25) is 0 Å². The van der Waals surface area contributed by atoms with Crippen molar-refractivity contribution >= 4 is 27.2 Å². The van der Waals surface area contributed by atoms with Crippen molar-refractivity contribution in [2.75, 3.05) is 23.8 Å². The van der Waals surface area contributed by atoms with Gasteiger partial charge in [-0.1, -0.05) is 0 Å². The maximum Gasteiger partial charge on any atom is 0.338 e. The Labute approximate surface area is 119 Å². The fourth-order valence-corrected chi connectivity index (χ4v) is 2.34. The third-order valence-electron chi connectivity index (χ3n) is 2.73. The van der Waals surface area contributed by atoms with Crippen LogP contribution in [0.2, 0.25) is 0 Å². The number of ether oxygens (including phenoxy) is 1. The number of sulfone groups is 1. The lowest BCUT2D eigenvalue weighted by atomic mass is 10.2. The zero-order chi connectivity index (χ0) is 15.6. The molecule has 0 heterocycles. The Bertz CT molecular complexity index is 583. The molecule has 0 aliphatic carbocycles. The van der Waals surface area contributed by atoms with Crippen molar-refractivity contribution in [3.8, 4) is 0 Å². The number of benzene rings is 1. The van der Waals surface area contributed by atoms with Crippen LogP contribution in [0.3, 0.4) is 0 Å². The number of hydrogen-bond acceptors (Lipinski definition) is 6. The van der Waals surface area contributed by atoms with E-state index in [-0.39, 0.29) is 17.9 Å². The van der Waals surface area contributed by atoms with Crippen LogP contribution in [0.4, 0.5) is 11.4 Å². The van der Waals surface area contributed by atoms with Crippen molar-refractivity contribution < 1.29 is 17.9 Å². The molecule has 112 valence electrons. The van der Waals surface area contributed by atoms with Gasteiger partial charge >= 0.3 is 5.97 Å². The van der Waals surface area contributed by atoms with Crippen LogP contribution in [0.15, 0.2) is 18.2 Å². The predicted molar refractivity (Wildman–Crippen MR) is 79.1 cm³/mol. The first-order chi connectivity index (χ1) is 9.03. The van der Waals surface area contributed by atoms with Crippen LogP contribution < -0.4 is 11.5 Å². The number of carbonyl (C=O) groups excluding carboxylic acids is 1. The summed E-state index contributed by atoms with van der Waals surface area (Å²) in [4.78, 5) is 11.8. The fraction of sp³-hybridized carbons (Fsp3) is 0.462. The van der Waals surface area contributed by atoms with E-state index in [9.17, 15) is 13.2 Å². The average molecular weight is 300 g/mol. The van der Waals surface area contributed by atoms with Gasteiger partial charge in [-0.2, -0.15) is 0 Å². The molecule has 0 spiro atoms. The van der Waals surface area contributed by atoms with Gasteiger partial charge in [0.25, 0.3) is 0 Å². The van der Waals surface area contributed by atoms with Gasteiger partial charge in [-0.25, -0.2) is 13.2 Å². The van der Waals surface area contributed by atoms with E-state index in [1.807, 2.05) is 0 Å². The van der Waals surface area contributed by atoms with Crippen LogP contribution in [-0.4, -0.2) is 31.5 Å². The molecule has 0 aliphatic heterocycles. The lowest BCUT2D eigenvalue weighted by molar-refractivity contribution is 0.0529. The molecule has 1 aromatic rings. The summed E-state index contributed by atoms with van der Waals surface area (Å²) in [5, 5.41) is 0. The number of rotatable bonds is 4. The van der Waals surface area contributed by atoms with Crippen LogP contribution in [0, 0.1) is 0 Å². The molecule has 1 rings (SSSR count). The third-order valence-corrected chi connectivity index (χ3v) is 5.30. The second-order valence-corrected chi connectivity index (χ2v) is 8.32. The van der Waals surface area contributed by atoms with Gasteiger partial charge in [0.15, 0.2) is 9.84 Å². The lowest BCUT2D eigenvalue weighted by Crippen LogP contribution is -2.32. The fourth-order valence-electron chi connectivity index (χ4n) is 1.43. The molecule has 1 aromatic carbocycles. The molecule has 0 saturated carbocycles. The summed E-state index contributed by atoms with van der Waals surface area (Å²) in [6.07, 6.45) is 0. The van der Waals surface area contributed by atoms with Gasteiger partial charge in [0.05, 0.1) is 16.1 Å². The molecule has 0 amide bonds. The van der Waals surface area contributed by atoms with Gasteiger partial charge < -0.3 is 16.2 Å². The van der Waals surface area contributed by atoms with Crippen molar-refractivity contribution in [2.45, 2.75) is 25.5 Å². The second-order valence-electron chi connectivity index (χ2n) is 5.46. The summed E-state index contributed by atoms with van der Waals surface area (Å²) in [6, 6.07) is 4.37. The van der Waals surface area contributed by atoms with E-state index in [0.29, 0.717) is 11.4 Å². The van der Waals surface area contributed by atoms with E-state index in [1.54, 1.807) is 20.8 Å². The van der Waals surface area contributed by atoms with Crippen LogP contribution >= 0.6 is 0 Å². The second kappa shape index (κ2) is 5.70. The molecule has 0 atom stereocenters. The number of nitrogen functional groups attached to an aromatic ring is 2. The smallest absolute Gasteiger partial charge is 0.338 e. The molecule has 0 aromatic heterocycles. The highest BCUT2D eigenvalue weighted by Crippen LogP contribution is 2.17. The Morgan fingerprint density at radius 1 is 1.15 bits per heavy atom. The van der Waals surface area contributed by atoms with E-state index < -0.39 is 20.6 Å². The molecule has 4 N–H and O–H groups in total. The van der Waals surface area contributed by atoms with E-state index in [2.05, 4.69) is 0 Å². The van der Waals surface area contributed by atoms with Crippen molar-refractivity contribution in [3.63, 3.8) is 0 Å². The van der Waals surface area contributed by atoms with Crippen LogP contribution in [0.25, 0.3) is 0 Å². The van der Waals surface area contributed by atoms with Crippen LogP contribution in [0.5, 0.6) is 0 Å². The molecule has 0 fully saturated rings. The zero-order valence-corrected chi connectivity index (χ0v) is 12.7. The number of hydrogen-bond donors (Lipinski definition) is 2. The first-order valence-corrected chi connectivity index (χ1v) is 7.73. The maximum atomic E-state index is 11.8. The Kier molecular flexibility index (Phi) is 4.65. The Morgan fingerprint density at radius 3 is 2.10 bits per heavy atom. The van der Waals surface area contributed by atoms with E-state index in [4.69, 9.17) is 16.2 Å². The molecule has 0 saturated heterocycles. The molecule has 0 radical (unpaired) electrons. The van der Waals surface area contributed by atoms with Gasteiger partial charge in [-0.05, 0) is 39.0 Å². The van der Waals surface area contributed by atoms with E-state index >= 15 is 0 Å². The van der Waals surface area contributed by atoms with E-state index in [1.165, 1.54) is 18.2 Å². The first kappa shape index (κ1) is 16.3. The summed E-state index contributed by atoms with van der Waals surface area (Å²) >= 11 is 0. The van der Waals surface area contributed by atoms with Gasteiger partial charge in [0.2, 0.25) is 0 Å². The molecule has 0 aliphatic rings. The summed E-state index contributed by atoms with van der Waals surface area (Å²) in [7, 11) is -3.32. The number of nitrogens with two attached hydrogens (primary N) is 2. The molecule has 0 unspecified atom stereocenters. The molecule has 7 heteroatoms. The van der Waals surface area contributed by atoms with Crippen LogP contribution in [0.1, 0.15) is 31.1 Å². The highest BCUT2D eigenvalue weighted by atomic mass is 32.2. The number of anilines is 2. The third kappa shape index (κ3) is 4.12. The normalized spacial score (nSPS) is 12.2. The van der Waals surface area contributed by atoms with E-state index in [0.717, 1.165) is 0 Å². The molecule has 6 nitrogen and oxygen atoms in total. The molecular weight excluding hydrogens is 280 g/mol. The summed E-state index contributed by atoms with van der Waals surface area (Å²) in [5.41, 5.74) is 12.0. The van der Waals surface area contributed by atoms with Crippen molar-refractivity contribution in [1.82, 2.24) is 0 Å². The Balaban J connectivity index is 2.65. The largest absolute Gasteiger partial charge is 0.461 e. The summed E-state index contributed by atoms with van der Waals surface area (Å²) in [5.74, 6) is -0.867. The molecule has 0 bridgehead atoms. The highest BCUT2D eigenvalue weighted by Gasteiger charge is 2.28. The van der Waals surface area contributed by atoms with Gasteiger partial charge in [-0.15, -0.1) is 0 Å². The zero-order valence-electron chi connectivity index (χ0n) is 11.8. The summed E-state index contributed by atoms with van der Waals surface area (Å²) in [6.45, 7) is 4.60. The summed E-state index contributed by atoms with van der Waals surface area (Å²) < 4.78 is 27.8. The minimum absolute atomic E-state index is 0.201. The first-order valence-electron chi connectivity index (χ1n) is 6.08. The maximum absolute atomic E-state index is 11.8. The lowest BCUT2D eigenvalue weighted by Gasteiger charge is -2.18. The highest BCUT2D eigenvalue weighted by molar-refractivity contribution is 7.92. The van der Waals surface area contributed by atoms with Crippen molar-refractivity contribution in [3.05, 3.63) is 23.8 Å². The Morgan fingerprint density at radius 2 is 1.65 bits per heavy atom. The predicted octanol–water partition coefficient (Wildman–Crippen LogP) is 1.22. The average Bonchev–Trinajstić information content (AvgIpc) is 2.25. The van der Waals surface area contributed by atoms with Crippen LogP contribution in [-0.2, 0) is 14.6 Å². The van der Waals surface area contributed by atoms with Crippen molar-refractivity contribution in [2.24, 2.45) is 0 Å². The quantitative estimate of drug-likeness (QED) is 0.638. The minimum atomic E-state index is -3.32. The monoisotopic (exact) mass is 300 g/mol. The molecule has 20 heavy (non-hydrogen) atoms. The number of carbonyl (C=O) groups is 1. The number of esters is 1. The van der Waals surface area contributed by atoms with Gasteiger partial charge in [0.1, 0.15) is 6.61 Å². The standard InChI is InChI=1S/C13H20N2O4S/c1-13(2,3)20(17,18)5-4-19-12(16)9-6-10(14)8-11(15)7-9/h6-8H,4-5,14-15H2,1-3H3. The Hall–Kier alpha value is -1.76. The SMILES string of the molecule is CC(C)(C)S(=O)(=O)CCOC(=O)c1cc(N)cc(N)c1. The minimum Gasteiger partial charge on any atom is -0.461 e. The van der Waals surface area contributed by atoms with Crippen molar-refractivity contribution in [1.29, 1.82) is 0 Å². The topological polar surface area (TPSA) is 112 Å². The van der Waals surface area contributed by atoms with Gasteiger partial charge in [0, 0.05) is 11.4 Å². The molecular formula is C13H20N2O4S.